The molecule has 11 N–H and O–H groups in total. The molecule has 1 heterocycles. The first kappa shape index (κ1) is 49.3. The Morgan fingerprint density at radius 3 is 1.66 bits per heavy atom. The van der Waals surface area contributed by atoms with Gasteiger partial charge >= 0.3 is 41.8 Å². The third-order valence-corrected chi connectivity index (χ3v) is 9.70. The molecule has 59 heavy (non-hydrogen) atoms. The average molecular weight is 843 g/mol. The summed E-state index contributed by atoms with van der Waals surface area (Å²) in [6, 6.07) is -4.06. The predicted molar refractivity (Wildman–Crippen MR) is 206 cm³/mol. The highest BCUT2D eigenvalue weighted by Gasteiger charge is 2.41. The second kappa shape index (κ2) is 24.1. The van der Waals surface area contributed by atoms with Gasteiger partial charge in [0.15, 0.2) is 0 Å². The van der Waals surface area contributed by atoms with Crippen molar-refractivity contribution in [1.29, 1.82) is 0 Å². The predicted octanol–water partition coefficient (Wildman–Crippen LogP) is -2.43. The van der Waals surface area contributed by atoms with Crippen LogP contribution < -0.4 is 37.4 Å². The number of carboxylic acids is 6. The van der Waals surface area contributed by atoms with Gasteiger partial charge in [-0.05, 0) is 45.6 Å². The number of urea groups is 1. The van der Waals surface area contributed by atoms with E-state index in [0.29, 0.717) is 25.7 Å². The van der Waals surface area contributed by atoms with Crippen LogP contribution in [0.4, 0.5) is 16.2 Å². The van der Waals surface area contributed by atoms with Gasteiger partial charge in [0.25, 0.3) is 10.9 Å². The van der Waals surface area contributed by atoms with Crippen molar-refractivity contribution in [2.45, 2.75) is 75.4 Å². The number of hydrogen-bond donors (Lipinski definition) is 11. The number of rotatable bonds is 29. The Kier molecular flexibility index (Phi) is 20.2. The first-order valence-corrected chi connectivity index (χ1v) is 18.9. The van der Waals surface area contributed by atoms with Crippen LogP contribution in [-0.4, -0.2) is 183 Å². The fourth-order valence-corrected chi connectivity index (χ4v) is 6.71. The lowest BCUT2D eigenvalue weighted by atomic mass is 9.88. The van der Waals surface area contributed by atoms with Crippen LogP contribution in [0.15, 0.2) is 9.59 Å². The van der Waals surface area contributed by atoms with Crippen molar-refractivity contribution in [1.82, 2.24) is 30.7 Å². The number of anilines is 2. The maximum absolute atomic E-state index is 12.6. The lowest BCUT2D eigenvalue weighted by Crippen LogP contribution is -2.59. The maximum Gasteiger partial charge on any atom is 0.326 e. The van der Waals surface area contributed by atoms with Gasteiger partial charge in [-0.25, -0.2) is 14.4 Å². The van der Waals surface area contributed by atoms with E-state index in [1.165, 1.54) is 0 Å². The van der Waals surface area contributed by atoms with Gasteiger partial charge in [0.2, 0.25) is 5.91 Å². The summed E-state index contributed by atoms with van der Waals surface area (Å²) < 4.78 is 0. The Morgan fingerprint density at radius 1 is 0.644 bits per heavy atom. The lowest BCUT2D eigenvalue weighted by Gasteiger charge is -2.44. The van der Waals surface area contributed by atoms with Gasteiger partial charge in [-0.1, -0.05) is 6.42 Å². The van der Waals surface area contributed by atoms with Gasteiger partial charge < -0.3 is 57.2 Å². The second-order valence-corrected chi connectivity index (χ2v) is 14.3. The summed E-state index contributed by atoms with van der Waals surface area (Å²) in [5, 5.41) is 68.3. The molecule has 24 heteroatoms. The molecule has 2 atom stereocenters. The van der Waals surface area contributed by atoms with E-state index in [4.69, 9.17) is 5.11 Å². The Bertz CT molecular complexity index is 1700. The highest BCUT2D eigenvalue weighted by Crippen LogP contribution is 2.27. The molecule has 3 amide bonds. The minimum Gasteiger partial charge on any atom is -0.481 e. The highest BCUT2D eigenvalue weighted by molar-refractivity contribution is 5.86. The van der Waals surface area contributed by atoms with E-state index in [2.05, 4.69) is 21.3 Å². The number of aliphatic carboxylic acids is 6. The van der Waals surface area contributed by atoms with Gasteiger partial charge in [-0.2, -0.15) is 0 Å². The maximum atomic E-state index is 12.6. The van der Waals surface area contributed by atoms with Crippen LogP contribution >= 0.6 is 0 Å². The molecule has 0 aliphatic carbocycles. The molecule has 0 radical (unpaired) electrons. The molecule has 0 spiro atoms. The van der Waals surface area contributed by atoms with Crippen molar-refractivity contribution in [3.8, 4) is 0 Å². The molecule has 1 fully saturated rings. The van der Waals surface area contributed by atoms with Gasteiger partial charge in [-0.3, -0.25) is 48.3 Å². The van der Waals surface area contributed by atoms with Crippen molar-refractivity contribution in [2.75, 3.05) is 83.1 Å². The minimum atomic E-state index is -1.55. The third kappa shape index (κ3) is 17.3. The van der Waals surface area contributed by atoms with Crippen LogP contribution in [0.3, 0.4) is 0 Å². The molecule has 1 aliphatic rings. The van der Waals surface area contributed by atoms with Crippen molar-refractivity contribution in [2.24, 2.45) is 0 Å². The largest absolute Gasteiger partial charge is 0.481 e. The van der Waals surface area contributed by atoms with Crippen LogP contribution in [-0.2, 0) is 33.6 Å². The fourth-order valence-electron chi connectivity index (χ4n) is 6.71. The van der Waals surface area contributed by atoms with Crippen molar-refractivity contribution in [3.05, 3.63) is 20.4 Å². The van der Waals surface area contributed by atoms with E-state index in [0.717, 1.165) is 0 Å². The van der Waals surface area contributed by atoms with Crippen LogP contribution in [0, 0.1) is 0 Å². The number of carboxylic acid groups (broad SMARTS) is 6. The summed E-state index contributed by atoms with van der Waals surface area (Å²) in [5.74, 6) is -7.76. The second-order valence-electron chi connectivity index (χ2n) is 14.3. The molecule has 0 unspecified atom stereocenters. The van der Waals surface area contributed by atoms with Crippen LogP contribution in [0.2, 0.25) is 0 Å². The zero-order valence-electron chi connectivity index (χ0n) is 32.7. The topological polar surface area (TPSA) is 362 Å². The Labute approximate surface area is 337 Å². The first-order valence-electron chi connectivity index (χ1n) is 18.9. The van der Waals surface area contributed by atoms with Gasteiger partial charge in [-0.15, -0.1) is 0 Å². The molecular weight excluding hydrogens is 788 g/mol. The monoisotopic (exact) mass is 842 g/mol. The smallest absolute Gasteiger partial charge is 0.326 e. The molecule has 1 aromatic carbocycles. The molecule has 2 rings (SSSR count). The molecule has 330 valence electrons. The normalized spacial score (nSPS) is 15.4. The zero-order chi connectivity index (χ0) is 44.3. The quantitative estimate of drug-likeness (QED) is 0.0295. The Balaban J connectivity index is 1.82. The molecule has 0 aromatic heterocycles. The highest BCUT2D eigenvalue weighted by atomic mass is 16.4. The van der Waals surface area contributed by atoms with Gasteiger partial charge in [0.1, 0.15) is 23.5 Å². The van der Waals surface area contributed by atoms with Crippen molar-refractivity contribution < 1.29 is 69.0 Å². The van der Waals surface area contributed by atoms with Crippen LogP contribution in [0.5, 0.6) is 0 Å². The van der Waals surface area contributed by atoms with Crippen LogP contribution in [0.25, 0.3) is 0 Å². The van der Waals surface area contributed by atoms with E-state index >= 15 is 0 Å². The Hall–Kier alpha value is -5.88. The van der Waals surface area contributed by atoms with E-state index in [-0.39, 0.29) is 102 Å². The lowest BCUT2D eigenvalue weighted by molar-refractivity contribution is -0.142. The molecule has 1 aliphatic heterocycles. The number of unbranched alkanes of at least 4 members (excludes halogenated alkanes) is 2. The number of likely N-dealkylation sites (N-methyl/N-ethyl adjacent to an activating group) is 1. The molecule has 1 aromatic rings. The number of carbonyl (C=O) groups is 8. The first-order chi connectivity index (χ1) is 27.7. The van der Waals surface area contributed by atoms with E-state index in [1.54, 1.807) is 21.7 Å². The zero-order valence-corrected chi connectivity index (χ0v) is 32.7. The minimum absolute atomic E-state index is 0.00921. The molecule has 1 saturated heterocycles. The van der Waals surface area contributed by atoms with Crippen LogP contribution in [0.1, 0.15) is 57.8 Å². The molecule has 0 saturated carbocycles. The number of amides is 3. The SMILES string of the molecule is CN(CC(=O)O)C1(CCCCC(=O)NCCNc2c(NCCCC[C@H](NC(=O)N[C@@H](CCC(=O)O)C(=O)O)C(=O)O)c(=O)c2=O)CN(CC(=O)O)CCN(CC(=O)O)C1. The summed E-state index contributed by atoms with van der Waals surface area (Å²) in [4.78, 5) is 122. The van der Waals surface area contributed by atoms with E-state index in [9.17, 15) is 73.5 Å². The van der Waals surface area contributed by atoms with Gasteiger partial charge in [0, 0.05) is 64.2 Å². The number of nitrogens with one attached hydrogen (secondary N) is 5. The summed E-state index contributed by atoms with van der Waals surface area (Å²) in [5.41, 5.74) is -2.45. The standard InChI is InChI=1S/C35H54N8O16/c1-41(16-25(47)48)35(19-42(17-26(49)50)14-15-43(20-35)18-27(51)52)10-4-2-7-23(44)36-12-13-38-29-28(30(53)31(29)54)37-11-5-3-6-21(32(55)56)39-34(59)40-22(33(57)58)8-9-24(45)46/h21-22,37-38H,2-20H2,1H3,(H,36,44)(H,45,46)(H,47,48)(H,49,50)(H,51,52)(H,55,56)(H,57,58)(H2,39,40,59)/t21-,22-/m0/s1. The van der Waals surface area contributed by atoms with E-state index in [1.807, 2.05) is 5.32 Å². The molecular formula is C35H54N8O16. The number of hydrogen-bond acceptors (Lipinski definition) is 15. The number of nitrogens with zero attached hydrogens (tertiary/aromatic N) is 3. The molecule has 24 nitrogen and oxygen atoms in total. The Morgan fingerprint density at radius 2 is 1.17 bits per heavy atom. The van der Waals surface area contributed by atoms with Gasteiger partial charge in [0.05, 0.1) is 19.6 Å². The third-order valence-electron chi connectivity index (χ3n) is 9.70. The summed E-state index contributed by atoms with van der Waals surface area (Å²) in [6.45, 7) is 0.194. The average Bonchev–Trinajstić information content (AvgIpc) is 3.30. The summed E-state index contributed by atoms with van der Waals surface area (Å²) >= 11 is 0. The van der Waals surface area contributed by atoms with Crippen molar-refractivity contribution >= 4 is 59.1 Å². The van der Waals surface area contributed by atoms with E-state index < -0.39 is 83.2 Å². The van der Waals surface area contributed by atoms with Crippen molar-refractivity contribution in [3.63, 3.8) is 0 Å². The fraction of sp³-hybridized carbons (Fsp3) is 0.657. The molecule has 0 bridgehead atoms. The summed E-state index contributed by atoms with van der Waals surface area (Å²) in [7, 11) is 1.59. The number of carbonyl (C=O) groups excluding carboxylic acids is 2. The summed E-state index contributed by atoms with van der Waals surface area (Å²) in [6.07, 6.45) is 0.742.